The zero-order valence-corrected chi connectivity index (χ0v) is 18.6. The lowest BCUT2D eigenvalue weighted by Gasteiger charge is -2.32. The molecule has 7 nitrogen and oxygen atoms in total. The van der Waals surface area contributed by atoms with Crippen LogP contribution in [0.25, 0.3) is 5.70 Å². The topological polar surface area (TPSA) is 75.9 Å². The highest BCUT2D eigenvalue weighted by Crippen LogP contribution is 2.36. The summed E-state index contributed by atoms with van der Waals surface area (Å²) in [4.78, 5) is 14.8. The van der Waals surface area contributed by atoms with Gasteiger partial charge in [-0.25, -0.2) is 0 Å². The van der Waals surface area contributed by atoms with Crippen molar-refractivity contribution in [1.82, 2.24) is 20.2 Å². The predicted octanol–water partition coefficient (Wildman–Crippen LogP) is 4.72. The van der Waals surface area contributed by atoms with Crippen molar-refractivity contribution in [2.45, 2.75) is 13.0 Å². The van der Waals surface area contributed by atoms with Gasteiger partial charge in [0, 0.05) is 10.7 Å². The number of halogens is 1. The van der Waals surface area contributed by atoms with Crippen molar-refractivity contribution in [1.29, 1.82) is 0 Å². The third kappa shape index (κ3) is 4.36. The number of amides is 1. The molecule has 164 valence electrons. The van der Waals surface area contributed by atoms with E-state index in [1.54, 1.807) is 28.9 Å². The van der Waals surface area contributed by atoms with Gasteiger partial charge in [-0.2, -0.15) is 4.68 Å². The highest BCUT2D eigenvalue weighted by atomic mass is 35.5. The van der Waals surface area contributed by atoms with E-state index in [4.69, 9.17) is 11.6 Å². The molecule has 1 aliphatic rings. The third-order valence-electron chi connectivity index (χ3n) is 5.51. The van der Waals surface area contributed by atoms with Gasteiger partial charge in [0.15, 0.2) is 0 Å². The molecule has 0 saturated carbocycles. The number of aromatic nitrogens is 4. The normalized spacial score (nSPS) is 15.0. The molecular weight excluding hydrogens is 436 g/mol. The van der Waals surface area contributed by atoms with Crippen LogP contribution in [-0.4, -0.2) is 32.7 Å². The number of aryl methyl sites for hydroxylation is 1. The number of nitrogens with zero attached hydrogens (tertiary/aromatic N) is 5. The van der Waals surface area contributed by atoms with Crippen molar-refractivity contribution in [3.63, 3.8) is 0 Å². The second-order valence-electron chi connectivity index (χ2n) is 7.84. The quantitative estimate of drug-likeness (QED) is 0.470. The molecule has 33 heavy (non-hydrogen) atoms. The van der Waals surface area contributed by atoms with Gasteiger partial charge in [-0.1, -0.05) is 76.9 Å². The summed E-state index contributed by atoms with van der Waals surface area (Å²) < 4.78 is 1.74. The molecule has 0 fully saturated rings. The Bertz CT molecular complexity index is 1300. The molecule has 5 rings (SSSR count). The molecule has 8 heteroatoms. The van der Waals surface area contributed by atoms with Gasteiger partial charge in [0.25, 0.3) is 5.95 Å². The number of tetrazole rings is 1. The fraction of sp³-hybridized carbons (Fsp3) is 0.120. The van der Waals surface area contributed by atoms with Crippen molar-refractivity contribution < 1.29 is 4.79 Å². The Labute approximate surface area is 196 Å². The molecule has 1 N–H and O–H groups in total. The minimum atomic E-state index is -0.193. The highest BCUT2D eigenvalue weighted by Gasteiger charge is 2.31. The first-order valence-electron chi connectivity index (χ1n) is 10.5. The fourth-order valence-electron chi connectivity index (χ4n) is 3.86. The number of carbonyl (C=O) groups excluding carboxylic acids is 1. The van der Waals surface area contributed by atoms with E-state index in [9.17, 15) is 4.79 Å². The maximum Gasteiger partial charge on any atom is 0.251 e. The van der Waals surface area contributed by atoms with E-state index in [0.29, 0.717) is 16.7 Å². The van der Waals surface area contributed by atoms with Crippen LogP contribution in [0.3, 0.4) is 0 Å². The van der Waals surface area contributed by atoms with E-state index in [1.807, 2.05) is 35.2 Å². The number of allylic oxidation sites excluding steroid dienone is 1. The number of anilines is 2. The maximum atomic E-state index is 13.0. The van der Waals surface area contributed by atoms with Gasteiger partial charge in [-0.05, 0) is 58.8 Å². The van der Waals surface area contributed by atoms with E-state index in [2.05, 4.69) is 58.1 Å². The number of carbonyl (C=O) groups is 1. The Morgan fingerprint density at radius 1 is 1.00 bits per heavy atom. The number of benzene rings is 3. The Balaban J connectivity index is 1.52. The van der Waals surface area contributed by atoms with Gasteiger partial charge in [0.1, 0.15) is 12.6 Å². The lowest BCUT2D eigenvalue weighted by atomic mass is 10.00. The molecule has 4 aromatic rings. The van der Waals surface area contributed by atoms with Crippen LogP contribution in [0.15, 0.2) is 84.9 Å². The predicted molar refractivity (Wildman–Crippen MR) is 129 cm³/mol. The zero-order valence-electron chi connectivity index (χ0n) is 17.9. The zero-order chi connectivity index (χ0) is 22.8. The average molecular weight is 457 g/mol. The smallest absolute Gasteiger partial charge is 0.251 e. The molecule has 1 aromatic heterocycles. The first-order valence-corrected chi connectivity index (χ1v) is 10.9. The van der Waals surface area contributed by atoms with Crippen LogP contribution in [0.2, 0.25) is 5.02 Å². The van der Waals surface area contributed by atoms with Crippen LogP contribution in [0.5, 0.6) is 0 Å². The lowest BCUT2D eigenvalue weighted by Crippen LogP contribution is -2.37. The molecule has 0 spiro atoms. The van der Waals surface area contributed by atoms with Crippen LogP contribution in [0.1, 0.15) is 22.7 Å². The molecule has 1 atom stereocenters. The minimum absolute atomic E-state index is 0.0460. The summed E-state index contributed by atoms with van der Waals surface area (Å²) in [7, 11) is 0. The molecular formula is C25H21ClN6O. The number of hydrogen-bond donors (Lipinski definition) is 1. The molecule has 0 saturated heterocycles. The van der Waals surface area contributed by atoms with Gasteiger partial charge in [-0.3, -0.25) is 9.69 Å². The molecule has 1 aliphatic heterocycles. The first-order chi connectivity index (χ1) is 16.1. The SMILES string of the molecule is Cc1ccc([C@H]2C=C(c3ccccc3)N(CC(=O)Nc3ccc(Cl)cc3)c3nnnn32)cc1. The van der Waals surface area contributed by atoms with Crippen LogP contribution < -0.4 is 10.2 Å². The summed E-state index contributed by atoms with van der Waals surface area (Å²) >= 11 is 5.95. The number of nitrogens with one attached hydrogen (secondary N) is 1. The van der Waals surface area contributed by atoms with Crippen LogP contribution in [0.4, 0.5) is 11.6 Å². The Kier molecular flexibility index (Phi) is 5.62. The molecule has 2 heterocycles. The van der Waals surface area contributed by atoms with E-state index < -0.39 is 0 Å². The molecule has 1 amide bonds. The van der Waals surface area contributed by atoms with Gasteiger partial charge >= 0.3 is 0 Å². The molecule has 0 radical (unpaired) electrons. The van der Waals surface area contributed by atoms with Crippen LogP contribution in [0, 0.1) is 6.92 Å². The summed E-state index contributed by atoms with van der Waals surface area (Å²) in [5.74, 6) is 0.315. The second-order valence-corrected chi connectivity index (χ2v) is 8.27. The monoisotopic (exact) mass is 456 g/mol. The lowest BCUT2D eigenvalue weighted by molar-refractivity contribution is -0.114. The second kappa shape index (κ2) is 8.88. The Morgan fingerprint density at radius 3 is 2.45 bits per heavy atom. The molecule has 0 bridgehead atoms. The Morgan fingerprint density at radius 2 is 1.73 bits per heavy atom. The van der Waals surface area contributed by atoms with E-state index in [-0.39, 0.29) is 18.5 Å². The number of rotatable bonds is 5. The highest BCUT2D eigenvalue weighted by molar-refractivity contribution is 6.30. The molecule has 3 aromatic carbocycles. The van der Waals surface area contributed by atoms with Crippen molar-refractivity contribution in [3.05, 3.63) is 107 Å². The summed E-state index contributed by atoms with van der Waals surface area (Å²) in [6.07, 6.45) is 2.10. The third-order valence-corrected chi connectivity index (χ3v) is 5.76. The van der Waals surface area contributed by atoms with E-state index in [1.165, 1.54) is 5.56 Å². The van der Waals surface area contributed by atoms with E-state index >= 15 is 0 Å². The molecule has 0 unspecified atom stereocenters. The minimum Gasteiger partial charge on any atom is -0.325 e. The van der Waals surface area contributed by atoms with Crippen molar-refractivity contribution in [3.8, 4) is 0 Å². The fourth-order valence-corrected chi connectivity index (χ4v) is 3.99. The van der Waals surface area contributed by atoms with E-state index in [0.717, 1.165) is 16.8 Å². The van der Waals surface area contributed by atoms with Crippen molar-refractivity contribution >= 4 is 34.8 Å². The van der Waals surface area contributed by atoms with Gasteiger partial charge in [-0.15, -0.1) is 0 Å². The summed E-state index contributed by atoms with van der Waals surface area (Å²) in [6.45, 7) is 2.10. The van der Waals surface area contributed by atoms with Gasteiger partial charge in [0.2, 0.25) is 5.91 Å². The first kappa shape index (κ1) is 20.9. The standard InChI is InChI=1S/C25H21ClN6O/c1-17-7-9-19(10-8-17)23-15-22(18-5-3-2-4-6-18)31(25-28-29-30-32(23)25)16-24(33)27-21-13-11-20(26)12-14-21/h2-15,23H,16H2,1H3,(H,27,33)/t23-/m1/s1. The van der Waals surface area contributed by atoms with Gasteiger partial charge < -0.3 is 5.32 Å². The molecule has 0 aliphatic carbocycles. The van der Waals surface area contributed by atoms with Crippen molar-refractivity contribution in [2.24, 2.45) is 0 Å². The average Bonchev–Trinajstić information content (AvgIpc) is 3.32. The van der Waals surface area contributed by atoms with Crippen molar-refractivity contribution in [2.75, 3.05) is 16.8 Å². The number of fused-ring (bicyclic) bond motifs is 1. The maximum absolute atomic E-state index is 13.0. The number of hydrogen-bond acceptors (Lipinski definition) is 5. The Hall–Kier alpha value is -3.97. The van der Waals surface area contributed by atoms with Crippen LogP contribution >= 0.6 is 11.6 Å². The summed E-state index contributed by atoms with van der Waals surface area (Å²) in [5, 5.41) is 16.0. The largest absolute Gasteiger partial charge is 0.325 e. The summed E-state index contributed by atoms with van der Waals surface area (Å²) in [6, 6.07) is 25.0. The van der Waals surface area contributed by atoms with Gasteiger partial charge in [0.05, 0.1) is 5.70 Å². The van der Waals surface area contributed by atoms with Crippen LogP contribution in [-0.2, 0) is 4.79 Å². The summed E-state index contributed by atoms with van der Waals surface area (Å²) in [5.41, 5.74) is 4.76.